The molecule has 0 spiro atoms. The molecule has 0 bridgehead atoms. The number of nitrogens with zero attached hydrogens (tertiary/aromatic N) is 3. The summed E-state index contributed by atoms with van der Waals surface area (Å²) in [6.07, 6.45) is 1.49. The minimum Gasteiger partial charge on any atom is -0.390 e. The van der Waals surface area contributed by atoms with E-state index in [1.54, 1.807) is 4.90 Å². The summed E-state index contributed by atoms with van der Waals surface area (Å²) in [7, 11) is 0. The van der Waals surface area contributed by atoms with Crippen LogP contribution in [0, 0.1) is 5.92 Å². The quantitative estimate of drug-likeness (QED) is 0.869. The van der Waals surface area contributed by atoms with Crippen molar-refractivity contribution in [1.29, 1.82) is 0 Å². The lowest BCUT2D eigenvalue weighted by atomic mass is 9.84. The summed E-state index contributed by atoms with van der Waals surface area (Å²) in [4.78, 5) is 17.8. The lowest BCUT2D eigenvalue weighted by molar-refractivity contribution is -0.138. The van der Waals surface area contributed by atoms with Crippen LogP contribution < -0.4 is 0 Å². The number of H-pyrrole nitrogens is 1. The van der Waals surface area contributed by atoms with Gasteiger partial charge in [0.1, 0.15) is 5.82 Å². The van der Waals surface area contributed by atoms with Gasteiger partial charge in [-0.25, -0.2) is 4.98 Å². The number of rotatable bonds is 3. The van der Waals surface area contributed by atoms with Crippen molar-refractivity contribution in [1.82, 2.24) is 20.1 Å². The number of amides is 1. The standard InChI is InChI=1S/C12H19ClN4O2/c1-8-7-17(6-5-12(8,2)19)10(18)4-3-9-14-11(13)16-15-9/h8,19H,3-7H2,1-2H3,(H,14,15,16)/t8-,12+/m1/s1. The highest BCUT2D eigenvalue weighted by atomic mass is 35.5. The van der Waals surface area contributed by atoms with Crippen LogP contribution in [0.1, 0.15) is 32.5 Å². The second-order valence-electron chi connectivity index (χ2n) is 5.40. The first-order valence-corrected chi connectivity index (χ1v) is 6.83. The van der Waals surface area contributed by atoms with Gasteiger partial charge in [0.15, 0.2) is 0 Å². The number of piperidine rings is 1. The van der Waals surface area contributed by atoms with Crippen LogP contribution in [-0.4, -0.2) is 49.8 Å². The smallest absolute Gasteiger partial charge is 0.242 e. The number of carbonyl (C=O) groups is 1. The maximum absolute atomic E-state index is 12.1. The maximum atomic E-state index is 12.1. The van der Waals surface area contributed by atoms with Gasteiger partial charge in [-0.2, -0.15) is 0 Å². The Balaban J connectivity index is 1.84. The number of aryl methyl sites for hydroxylation is 1. The van der Waals surface area contributed by atoms with Gasteiger partial charge in [0.25, 0.3) is 0 Å². The molecule has 0 radical (unpaired) electrons. The van der Waals surface area contributed by atoms with Gasteiger partial charge in [-0.05, 0) is 24.9 Å². The highest BCUT2D eigenvalue weighted by Gasteiger charge is 2.35. The zero-order valence-corrected chi connectivity index (χ0v) is 11.9. The van der Waals surface area contributed by atoms with Crippen molar-refractivity contribution in [2.24, 2.45) is 5.92 Å². The molecular weight excluding hydrogens is 268 g/mol. The molecule has 19 heavy (non-hydrogen) atoms. The van der Waals surface area contributed by atoms with Crippen LogP contribution in [0.2, 0.25) is 5.28 Å². The molecule has 0 saturated carbocycles. The number of aliphatic hydroxyl groups is 1. The summed E-state index contributed by atoms with van der Waals surface area (Å²) in [5, 5.41) is 16.6. The molecule has 1 aromatic heterocycles. The molecule has 0 aromatic carbocycles. The Morgan fingerprint density at radius 2 is 2.42 bits per heavy atom. The number of likely N-dealkylation sites (tertiary alicyclic amines) is 1. The number of aromatic nitrogens is 3. The third-order valence-corrected chi connectivity index (χ3v) is 4.05. The molecule has 1 fully saturated rings. The van der Waals surface area contributed by atoms with Crippen molar-refractivity contribution in [3.63, 3.8) is 0 Å². The molecule has 0 aliphatic carbocycles. The molecule has 1 saturated heterocycles. The van der Waals surface area contributed by atoms with Crippen LogP contribution in [0.25, 0.3) is 0 Å². The average molecular weight is 287 g/mol. The maximum Gasteiger partial charge on any atom is 0.242 e. The van der Waals surface area contributed by atoms with Gasteiger partial charge < -0.3 is 10.0 Å². The third kappa shape index (κ3) is 3.45. The van der Waals surface area contributed by atoms with Gasteiger partial charge >= 0.3 is 0 Å². The molecule has 1 aliphatic rings. The van der Waals surface area contributed by atoms with E-state index in [0.717, 1.165) is 0 Å². The van der Waals surface area contributed by atoms with Crippen LogP contribution in [0.3, 0.4) is 0 Å². The predicted octanol–water partition coefficient (Wildman–Crippen LogP) is 1.01. The molecule has 2 heterocycles. The van der Waals surface area contributed by atoms with Crippen LogP contribution in [0.5, 0.6) is 0 Å². The van der Waals surface area contributed by atoms with E-state index in [4.69, 9.17) is 11.6 Å². The molecule has 1 amide bonds. The van der Waals surface area contributed by atoms with Crippen LogP contribution in [0.15, 0.2) is 0 Å². The van der Waals surface area contributed by atoms with Crippen molar-refractivity contribution < 1.29 is 9.90 Å². The molecule has 2 rings (SSSR count). The van der Waals surface area contributed by atoms with E-state index in [-0.39, 0.29) is 17.1 Å². The number of nitrogens with one attached hydrogen (secondary N) is 1. The third-order valence-electron chi connectivity index (χ3n) is 3.88. The number of hydrogen-bond acceptors (Lipinski definition) is 4. The normalized spacial score (nSPS) is 27.6. The minimum absolute atomic E-state index is 0.0786. The zero-order chi connectivity index (χ0) is 14.0. The van der Waals surface area contributed by atoms with Gasteiger partial charge in [0, 0.05) is 31.8 Å². The van der Waals surface area contributed by atoms with Gasteiger partial charge in [-0.3, -0.25) is 9.89 Å². The number of aromatic amines is 1. The molecule has 7 heteroatoms. The highest BCUT2D eigenvalue weighted by Crippen LogP contribution is 2.27. The van der Waals surface area contributed by atoms with Gasteiger partial charge in [-0.15, -0.1) is 5.10 Å². The molecular formula is C12H19ClN4O2. The van der Waals surface area contributed by atoms with Gasteiger partial charge in [0.05, 0.1) is 5.60 Å². The summed E-state index contributed by atoms with van der Waals surface area (Å²) >= 11 is 5.60. The first kappa shape index (κ1) is 14.3. The Labute approximate surface area is 117 Å². The average Bonchev–Trinajstić information content (AvgIpc) is 2.76. The van der Waals surface area contributed by atoms with E-state index in [9.17, 15) is 9.90 Å². The monoisotopic (exact) mass is 286 g/mol. The number of carbonyl (C=O) groups excluding carboxylic acids is 1. The van der Waals surface area contributed by atoms with E-state index in [2.05, 4.69) is 15.2 Å². The van der Waals surface area contributed by atoms with E-state index in [1.807, 2.05) is 13.8 Å². The Hall–Kier alpha value is -1.14. The first-order valence-electron chi connectivity index (χ1n) is 6.45. The molecule has 0 unspecified atom stereocenters. The van der Waals surface area contributed by atoms with E-state index in [0.29, 0.717) is 38.2 Å². The van der Waals surface area contributed by atoms with Crippen molar-refractivity contribution in [3.05, 3.63) is 11.1 Å². The van der Waals surface area contributed by atoms with Gasteiger partial charge in [-0.1, -0.05) is 6.92 Å². The zero-order valence-electron chi connectivity index (χ0n) is 11.2. The van der Waals surface area contributed by atoms with Crippen LogP contribution in [0.4, 0.5) is 0 Å². The summed E-state index contributed by atoms with van der Waals surface area (Å²) in [5.41, 5.74) is -0.671. The second kappa shape index (κ2) is 5.46. The fourth-order valence-corrected chi connectivity index (χ4v) is 2.36. The molecule has 6 nitrogen and oxygen atoms in total. The Bertz CT molecular complexity index is 460. The molecule has 1 aliphatic heterocycles. The summed E-state index contributed by atoms with van der Waals surface area (Å²) in [6, 6.07) is 0. The minimum atomic E-state index is -0.671. The lowest BCUT2D eigenvalue weighted by Crippen LogP contribution is -2.50. The second-order valence-corrected chi connectivity index (χ2v) is 5.74. The van der Waals surface area contributed by atoms with Crippen molar-refractivity contribution in [3.8, 4) is 0 Å². The molecule has 106 valence electrons. The van der Waals surface area contributed by atoms with E-state index >= 15 is 0 Å². The van der Waals surface area contributed by atoms with Crippen LogP contribution in [-0.2, 0) is 11.2 Å². The van der Waals surface area contributed by atoms with Crippen molar-refractivity contribution in [2.75, 3.05) is 13.1 Å². The molecule has 2 N–H and O–H groups in total. The van der Waals surface area contributed by atoms with Crippen molar-refractivity contribution in [2.45, 2.75) is 38.7 Å². The Kier molecular flexibility index (Phi) is 4.10. The summed E-state index contributed by atoms with van der Waals surface area (Å²) in [6.45, 7) is 5.00. The van der Waals surface area contributed by atoms with Gasteiger partial charge in [0.2, 0.25) is 11.2 Å². The topological polar surface area (TPSA) is 82.1 Å². The largest absolute Gasteiger partial charge is 0.390 e. The van der Waals surface area contributed by atoms with E-state index in [1.165, 1.54) is 0 Å². The highest BCUT2D eigenvalue weighted by molar-refractivity contribution is 6.28. The van der Waals surface area contributed by atoms with E-state index < -0.39 is 5.60 Å². The number of halogens is 1. The fourth-order valence-electron chi connectivity index (χ4n) is 2.22. The van der Waals surface area contributed by atoms with Crippen molar-refractivity contribution >= 4 is 17.5 Å². The lowest BCUT2D eigenvalue weighted by Gasteiger charge is -2.41. The SMILES string of the molecule is C[C@@H]1CN(C(=O)CCc2nc(Cl)n[nH]2)CC[C@]1(C)O. The summed E-state index contributed by atoms with van der Waals surface area (Å²) in [5.74, 6) is 0.787. The fraction of sp³-hybridized carbons (Fsp3) is 0.750. The first-order chi connectivity index (χ1) is 8.88. The van der Waals surface area contributed by atoms with Crippen LogP contribution >= 0.6 is 11.6 Å². The number of hydrogen-bond donors (Lipinski definition) is 2. The predicted molar refractivity (Wildman–Crippen MR) is 70.7 cm³/mol. The Morgan fingerprint density at radius 1 is 1.68 bits per heavy atom. The summed E-state index contributed by atoms with van der Waals surface area (Å²) < 4.78 is 0. The molecule has 2 atom stereocenters. The Morgan fingerprint density at radius 3 is 3.00 bits per heavy atom. The molecule has 1 aromatic rings.